The summed E-state index contributed by atoms with van der Waals surface area (Å²) in [7, 11) is 0. The van der Waals surface area contributed by atoms with Crippen molar-refractivity contribution in [3.63, 3.8) is 0 Å². The Kier molecular flexibility index (Phi) is 4.36. The minimum absolute atomic E-state index is 0.146. The molecule has 4 saturated carbocycles. The molecule has 0 heterocycles. The van der Waals surface area contributed by atoms with E-state index >= 15 is 0 Å². The van der Waals surface area contributed by atoms with E-state index in [-0.39, 0.29) is 6.10 Å². The molecule has 0 spiro atoms. The first kappa shape index (κ1) is 18.3. The average molecular weight is 349 g/mol. The molecule has 1 unspecified atom stereocenters. The van der Waals surface area contributed by atoms with Gasteiger partial charge in [0.05, 0.1) is 11.7 Å². The Morgan fingerprint density at radius 2 is 1.72 bits per heavy atom. The van der Waals surface area contributed by atoms with Crippen LogP contribution in [0.4, 0.5) is 0 Å². The molecule has 0 amide bonds. The van der Waals surface area contributed by atoms with E-state index in [2.05, 4.69) is 20.8 Å². The van der Waals surface area contributed by atoms with Crippen molar-refractivity contribution in [1.29, 1.82) is 0 Å². The van der Waals surface area contributed by atoms with Gasteiger partial charge in [0.2, 0.25) is 0 Å². The van der Waals surface area contributed by atoms with Crippen molar-refractivity contribution in [3.8, 4) is 0 Å². The summed E-state index contributed by atoms with van der Waals surface area (Å²) in [6.07, 6.45) is 12.4. The standard InChI is InChI=1S/C23H40O2/c1-5-23-13-12-21(3,25)14-16(23)6-7-17-19-9-8-18(15(2)24)22(19,4)11-10-20(17)23/h15-20,24-25H,5-14H2,1-4H3/t15?,16-,17-,18+,19-,20-,21+,22+,23-/m0/s1. The van der Waals surface area contributed by atoms with Crippen molar-refractivity contribution in [1.82, 2.24) is 0 Å². The monoisotopic (exact) mass is 348 g/mol. The van der Waals surface area contributed by atoms with Gasteiger partial charge in [-0.1, -0.05) is 13.8 Å². The quantitative estimate of drug-likeness (QED) is 0.723. The van der Waals surface area contributed by atoms with Crippen LogP contribution in [-0.2, 0) is 0 Å². The molecule has 2 heteroatoms. The summed E-state index contributed by atoms with van der Waals surface area (Å²) in [6.45, 7) is 9.03. The Morgan fingerprint density at radius 3 is 2.40 bits per heavy atom. The van der Waals surface area contributed by atoms with Gasteiger partial charge < -0.3 is 10.2 Å². The third kappa shape index (κ3) is 2.57. The third-order valence-corrected chi connectivity index (χ3v) is 9.97. The lowest BCUT2D eigenvalue weighted by molar-refractivity contribution is -0.158. The van der Waals surface area contributed by atoms with E-state index in [4.69, 9.17) is 0 Å². The molecule has 4 rings (SSSR count). The predicted octanol–water partition coefficient (Wildman–Crippen LogP) is 5.17. The molecule has 144 valence electrons. The van der Waals surface area contributed by atoms with Crippen LogP contribution in [0.3, 0.4) is 0 Å². The fourth-order valence-electron chi connectivity index (χ4n) is 8.78. The largest absolute Gasteiger partial charge is 0.393 e. The molecule has 0 aromatic rings. The molecule has 0 aromatic heterocycles. The summed E-state index contributed by atoms with van der Waals surface area (Å²) in [6, 6.07) is 0. The smallest absolute Gasteiger partial charge is 0.0622 e. The molecule has 4 aliphatic rings. The molecule has 0 saturated heterocycles. The molecule has 4 aliphatic carbocycles. The summed E-state index contributed by atoms with van der Waals surface area (Å²) in [5.74, 6) is 3.83. The molecule has 9 atom stereocenters. The van der Waals surface area contributed by atoms with Crippen molar-refractivity contribution < 1.29 is 10.2 Å². The summed E-state index contributed by atoms with van der Waals surface area (Å²) >= 11 is 0. The Morgan fingerprint density at radius 1 is 0.960 bits per heavy atom. The summed E-state index contributed by atoms with van der Waals surface area (Å²) < 4.78 is 0. The van der Waals surface area contributed by atoms with Gasteiger partial charge in [0, 0.05) is 0 Å². The van der Waals surface area contributed by atoms with Gasteiger partial charge in [-0.2, -0.15) is 0 Å². The van der Waals surface area contributed by atoms with Crippen LogP contribution in [0.1, 0.15) is 91.9 Å². The van der Waals surface area contributed by atoms with Gasteiger partial charge in [0.25, 0.3) is 0 Å². The number of hydrogen-bond donors (Lipinski definition) is 2. The number of hydrogen-bond acceptors (Lipinski definition) is 2. The normalized spacial score (nSPS) is 56.6. The topological polar surface area (TPSA) is 40.5 Å². The first-order valence-electron chi connectivity index (χ1n) is 11.1. The molecule has 4 fully saturated rings. The zero-order chi connectivity index (χ0) is 18.0. The third-order valence-electron chi connectivity index (χ3n) is 9.97. The van der Waals surface area contributed by atoms with Crippen molar-refractivity contribution in [2.45, 2.75) is 104 Å². The number of fused-ring (bicyclic) bond motifs is 5. The van der Waals surface area contributed by atoms with E-state index in [9.17, 15) is 10.2 Å². The maximum atomic E-state index is 10.7. The summed E-state index contributed by atoms with van der Waals surface area (Å²) in [5.41, 5.74) is 0.441. The number of rotatable bonds is 2. The van der Waals surface area contributed by atoms with Crippen LogP contribution in [0.5, 0.6) is 0 Å². The second kappa shape index (κ2) is 5.96. The van der Waals surface area contributed by atoms with Gasteiger partial charge in [0.15, 0.2) is 0 Å². The molecule has 0 aromatic carbocycles. The predicted molar refractivity (Wildman–Crippen MR) is 102 cm³/mol. The van der Waals surface area contributed by atoms with Crippen LogP contribution in [-0.4, -0.2) is 21.9 Å². The van der Waals surface area contributed by atoms with Crippen molar-refractivity contribution in [3.05, 3.63) is 0 Å². The zero-order valence-electron chi connectivity index (χ0n) is 16.9. The van der Waals surface area contributed by atoms with Crippen molar-refractivity contribution >= 4 is 0 Å². The maximum absolute atomic E-state index is 10.7. The highest BCUT2D eigenvalue weighted by molar-refractivity contribution is 5.11. The van der Waals surface area contributed by atoms with Gasteiger partial charge in [-0.25, -0.2) is 0 Å². The van der Waals surface area contributed by atoms with Gasteiger partial charge in [-0.3, -0.25) is 0 Å². The average Bonchev–Trinajstić information content (AvgIpc) is 2.91. The first-order chi connectivity index (χ1) is 11.7. The second-order valence-electron chi connectivity index (χ2n) is 10.9. The highest BCUT2D eigenvalue weighted by Gasteiger charge is 2.62. The molecule has 2 N–H and O–H groups in total. The van der Waals surface area contributed by atoms with Crippen LogP contribution >= 0.6 is 0 Å². The van der Waals surface area contributed by atoms with E-state index < -0.39 is 5.60 Å². The fourth-order valence-corrected chi connectivity index (χ4v) is 8.78. The Labute approximate surface area is 154 Å². The SMILES string of the molecule is CC[C@]12CC[C@@](C)(O)C[C@@H]1CC[C@H]1[C@@H]3CC[C@H](C(C)O)[C@@]3(C)CC[C@@H]12. The van der Waals surface area contributed by atoms with Gasteiger partial charge >= 0.3 is 0 Å². The zero-order valence-corrected chi connectivity index (χ0v) is 16.9. The van der Waals surface area contributed by atoms with Gasteiger partial charge in [-0.05, 0) is 118 Å². The highest BCUT2D eigenvalue weighted by Crippen LogP contribution is 2.69. The Hall–Kier alpha value is -0.0800. The molecular weight excluding hydrogens is 308 g/mol. The lowest BCUT2D eigenvalue weighted by atomic mass is 9.42. The lowest BCUT2D eigenvalue weighted by Crippen LogP contribution is -2.56. The van der Waals surface area contributed by atoms with E-state index in [0.717, 1.165) is 36.5 Å². The number of aliphatic hydroxyl groups excluding tert-OH is 1. The van der Waals surface area contributed by atoms with Crippen molar-refractivity contribution in [2.24, 2.45) is 40.4 Å². The minimum atomic E-state index is -0.426. The minimum Gasteiger partial charge on any atom is -0.393 e. The molecule has 2 nitrogen and oxygen atoms in total. The van der Waals surface area contributed by atoms with Crippen LogP contribution in [0.15, 0.2) is 0 Å². The van der Waals surface area contributed by atoms with Crippen LogP contribution < -0.4 is 0 Å². The molecule has 0 aliphatic heterocycles. The van der Waals surface area contributed by atoms with E-state index in [1.54, 1.807) is 0 Å². The first-order valence-corrected chi connectivity index (χ1v) is 11.1. The molecule has 25 heavy (non-hydrogen) atoms. The Balaban J connectivity index is 1.63. The number of aliphatic hydroxyl groups is 2. The van der Waals surface area contributed by atoms with Gasteiger partial charge in [0.1, 0.15) is 0 Å². The lowest BCUT2D eigenvalue weighted by Gasteiger charge is -2.63. The summed E-state index contributed by atoms with van der Waals surface area (Å²) in [5, 5.41) is 21.0. The van der Waals surface area contributed by atoms with E-state index in [1.165, 1.54) is 51.4 Å². The fraction of sp³-hybridized carbons (Fsp3) is 1.00. The van der Waals surface area contributed by atoms with Gasteiger partial charge in [-0.15, -0.1) is 0 Å². The van der Waals surface area contributed by atoms with Crippen LogP contribution in [0.2, 0.25) is 0 Å². The maximum Gasteiger partial charge on any atom is 0.0622 e. The van der Waals surface area contributed by atoms with Crippen LogP contribution in [0.25, 0.3) is 0 Å². The van der Waals surface area contributed by atoms with Crippen LogP contribution in [0, 0.1) is 40.4 Å². The molecular formula is C23H40O2. The highest BCUT2D eigenvalue weighted by atomic mass is 16.3. The van der Waals surface area contributed by atoms with E-state index in [0.29, 0.717) is 16.7 Å². The Bertz CT molecular complexity index is 512. The molecule has 0 radical (unpaired) electrons. The molecule has 0 bridgehead atoms. The van der Waals surface area contributed by atoms with E-state index in [1.807, 2.05) is 6.92 Å². The summed E-state index contributed by atoms with van der Waals surface area (Å²) in [4.78, 5) is 0. The van der Waals surface area contributed by atoms with Crippen molar-refractivity contribution in [2.75, 3.05) is 0 Å². The second-order valence-corrected chi connectivity index (χ2v) is 10.9.